The van der Waals surface area contributed by atoms with Gasteiger partial charge in [0.2, 0.25) is 0 Å². The maximum Gasteiger partial charge on any atom is 0.317 e. The topological polar surface area (TPSA) is 55.8 Å². The van der Waals surface area contributed by atoms with Crippen LogP contribution < -0.4 is 10.2 Å². The summed E-state index contributed by atoms with van der Waals surface area (Å²) < 4.78 is 0. The van der Waals surface area contributed by atoms with E-state index in [4.69, 9.17) is 16.7 Å². The molecule has 1 saturated heterocycles. The molecule has 0 spiro atoms. The second kappa shape index (κ2) is 8.25. The number of hydrogen-bond donors (Lipinski definition) is 2. The Morgan fingerprint density at radius 1 is 1.36 bits per heavy atom. The minimum atomic E-state index is -0.0174. The van der Waals surface area contributed by atoms with Crippen LogP contribution in [0.4, 0.5) is 10.5 Å². The Balaban J connectivity index is 1.80. The number of carbonyl (C=O) groups is 1. The maximum absolute atomic E-state index is 12.2. The van der Waals surface area contributed by atoms with E-state index in [0.717, 1.165) is 30.2 Å². The van der Waals surface area contributed by atoms with Crippen LogP contribution in [0.15, 0.2) is 24.3 Å². The van der Waals surface area contributed by atoms with E-state index in [-0.39, 0.29) is 18.7 Å². The molecule has 2 rings (SSSR count). The maximum atomic E-state index is 12.2. The lowest BCUT2D eigenvalue weighted by Crippen LogP contribution is -2.53. The molecule has 1 fully saturated rings. The summed E-state index contributed by atoms with van der Waals surface area (Å²) in [5.41, 5.74) is 1.10. The molecule has 0 aliphatic carbocycles. The fraction of sp³-hybridized carbons (Fsp3) is 0.562. The second-order valence-corrected chi connectivity index (χ2v) is 6.11. The largest absolute Gasteiger partial charge is 0.396 e. The molecule has 1 aliphatic heterocycles. The summed E-state index contributed by atoms with van der Waals surface area (Å²) in [5, 5.41) is 12.5. The number of nitrogens with one attached hydrogen (secondary N) is 1. The first-order valence-electron chi connectivity index (χ1n) is 7.77. The standard InChI is InChI=1S/C16H24ClN3O2/c1-13(4-3-11-21)18-16(22)20-9-7-19(8-10-20)15-6-2-5-14(17)12-15/h2,5-6,12-13,21H,3-4,7-11H2,1H3,(H,18,22). The average Bonchev–Trinajstić information content (AvgIpc) is 2.53. The van der Waals surface area contributed by atoms with Crippen molar-refractivity contribution >= 4 is 23.3 Å². The number of carbonyl (C=O) groups excluding carboxylic acids is 1. The van der Waals surface area contributed by atoms with Crippen LogP contribution in [0.25, 0.3) is 0 Å². The SMILES string of the molecule is CC(CCCO)NC(=O)N1CCN(c2cccc(Cl)c2)CC1. The third kappa shape index (κ3) is 4.78. The highest BCUT2D eigenvalue weighted by Crippen LogP contribution is 2.20. The highest BCUT2D eigenvalue weighted by atomic mass is 35.5. The van der Waals surface area contributed by atoms with E-state index >= 15 is 0 Å². The number of rotatable bonds is 5. The van der Waals surface area contributed by atoms with Gasteiger partial charge in [-0.05, 0) is 38.0 Å². The smallest absolute Gasteiger partial charge is 0.317 e. The lowest BCUT2D eigenvalue weighted by atomic mass is 10.2. The van der Waals surface area contributed by atoms with Gasteiger partial charge in [0.05, 0.1) is 0 Å². The number of benzene rings is 1. The Kier molecular flexibility index (Phi) is 6.34. The van der Waals surface area contributed by atoms with Gasteiger partial charge < -0.3 is 20.2 Å². The number of aliphatic hydroxyl groups excluding tert-OH is 1. The fourth-order valence-corrected chi connectivity index (χ4v) is 2.80. The van der Waals surface area contributed by atoms with Gasteiger partial charge in [-0.25, -0.2) is 4.79 Å². The minimum absolute atomic E-state index is 0.0174. The molecule has 1 atom stereocenters. The van der Waals surface area contributed by atoms with E-state index in [1.165, 1.54) is 0 Å². The van der Waals surface area contributed by atoms with Crippen molar-refractivity contribution in [3.8, 4) is 0 Å². The summed E-state index contributed by atoms with van der Waals surface area (Å²) in [6.07, 6.45) is 1.51. The summed E-state index contributed by atoms with van der Waals surface area (Å²) in [6.45, 7) is 5.14. The van der Waals surface area contributed by atoms with Crippen LogP contribution in [0.1, 0.15) is 19.8 Å². The number of nitrogens with zero attached hydrogens (tertiary/aromatic N) is 2. The van der Waals surface area contributed by atoms with E-state index in [9.17, 15) is 4.79 Å². The molecule has 2 N–H and O–H groups in total. The molecule has 0 aromatic heterocycles. The summed E-state index contributed by atoms with van der Waals surface area (Å²) in [7, 11) is 0. The van der Waals surface area contributed by atoms with Crippen LogP contribution in [0, 0.1) is 0 Å². The van der Waals surface area contributed by atoms with Gasteiger partial charge >= 0.3 is 6.03 Å². The van der Waals surface area contributed by atoms with Crippen LogP contribution in [-0.4, -0.2) is 54.9 Å². The average molecular weight is 326 g/mol. The Bertz CT molecular complexity index is 490. The molecule has 1 aromatic rings. The first kappa shape index (κ1) is 16.9. The van der Waals surface area contributed by atoms with Crippen molar-refractivity contribution in [3.05, 3.63) is 29.3 Å². The molecular weight excluding hydrogens is 302 g/mol. The van der Waals surface area contributed by atoms with E-state index in [0.29, 0.717) is 19.5 Å². The van der Waals surface area contributed by atoms with Gasteiger partial charge in [-0.1, -0.05) is 17.7 Å². The number of amides is 2. The normalized spacial score (nSPS) is 16.5. The van der Waals surface area contributed by atoms with Crippen molar-refractivity contribution in [1.29, 1.82) is 0 Å². The highest BCUT2D eigenvalue weighted by molar-refractivity contribution is 6.30. The zero-order chi connectivity index (χ0) is 15.9. The number of halogens is 1. The quantitative estimate of drug-likeness (QED) is 0.873. The molecule has 6 heteroatoms. The molecular formula is C16H24ClN3O2. The summed E-state index contributed by atoms with van der Waals surface area (Å²) in [4.78, 5) is 16.3. The summed E-state index contributed by atoms with van der Waals surface area (Å²) in [5.74, 6) is 0. The van der Waals surface area contributed by atoms with Crippen LogP contribution in [0.3, 0.4) is 0 Å². The third-order valence-corrected chi connectivity index (χ3v) is 4.14. The molecule has 0 bridgehead atoms. The van der Waals surface area contributed by atoms with Crippen LogP contribution in [-0.2, 0) is 0 Å². The van der Waals surface area contributed by atoms with Crippen molar-refractivity contribution < 1.29 is 9.90 Å². The van der Waals surface area contributed by atoms with Crippen molar-refractivity contribution in [1.82, 2.24) is 10.2 Å². The Morgan fingerprint density at radius 2 is 2.09 bits per heavy atom. The van der Waals surface area contributed by atoms with Gasteiger partial charge in [-0.2, -0.15) is 0 Å². The molecule has 5 nitrogen and oxygen atoms in total. The van der Waals surface area contributed by atoms with Crippen molar-refractivity contribution in [2.24, 2.45) is 0 Å². The molecule has 1 heterocycles. The van der Waals surface area contributed by atoms with Crippen LogP contribution in [0.2, 0.25) is 5.02 Å². The van der Waals surface area contributed by atoms with Crippen LogP contribution in [0.5, 0.6) is 0 Å². The summed E-state index contributed by atoms with van der Waals surface area (Å²) >= 11 is 6.02. The third-order valence-electron chi connectivity index (χ3n) is 3.91. The zero-order valence-electron chi connectivity index (χ0n) is 13.0. The molecule has 22 heavy (non-hydrogen) atoms. The van der Waals surface area contributed by atoms with Gasteiger partial charge in [-0.15, -0.1) is 0 Å². The fourth-order valence-electron chi connectivity index (χ4n) is 2.61. The first-order chi connectivity index (χ1) is 10.6. The number of aliphatic hydroxyl groups is 1. The van der Waals surface area contributed by atoms with Gasteiger partial charge in [0, 0.05) is 49.5 Å². The van der Waals surface area contributed by atoms with Crippen molar-refractivity contribution in [3.63, 3.8) is 0 Å². The van der Waals surface area contributed by atoms with E-state index in [2.05, 4.69) is 10.2 Å². The van der Waals surface area contributed by atoms with Crippen molar-refractivity contribution in [2.75, 3.05) is 37.7 Å². The van der Waals surface area contributed by atoms with Crippen LogP contribution >= 0.6 is 11.6 Å². The molecule has 1 unspecified atom stereocenters. The van der Waals surface area contributed by atoms with Crippen molar-refractivity contribution in [2.45, 2.75) is 25.8 Å². The Morgan fingerprint density at radius 3 is 2.73 bits per heavy atom. The van der Waals surface area contributed by atoms with Gasteiger partial charge in [-0.3, -0.25) is 0 Å². The van der Waals surface area contributed by atoms with Gasteiger partial charge in [0.25, 0.3) is 0 Å². The lowest BCUT2D eigenvalue weighted by Gasteiger charge is -2.36. The second-order valence-electron chi connectivity index (χ2n) is 5.67. The zero-order valence-corrected chi connectivity index (χ0v) is 13.7. The Labute approximate surface area is 136 Å². The summed E-state index contributed by atoms with van der Waals surface area (Å²) in [6, 6.07) is 7.87. The molecule has 2 amide bonds. The van der Waals surface area contributed by atoms with Gasteiger partial charge in [0.15, 0.2) is 0 Å². The lowest BCUT2D eigenvalue weighted by molar-refractivity contribution is 0.189. The number of hydrogen-bond acceptors (Lipinski definition) is 3. The van der Waals surface area contributed by atoms with E-state index in [1.54, 1.807) is 0 Å². The number of urea groups is 1. The Hall–Kier alpha value is -1.46. The highest BCUT2D eigenvalue weighted by Gasteiger charge is 2.22. The molecule has 122 valence electrons. The minimum Gasteiger partial charge on any atom is -0.396 e. The van der Waals surface area contributed by atoms with Gasteiger partial charge in [0.1, 0.15) is 0 Å². The predicted molar refractivity (Wildman–Crippen MR) is 89.6 cm³/mol. The first-order valence-corrected chi connectivity index (χ1v) is 8.15. The molecule has 1 aliphatic rings. The molecule has 1 aromatic carbocycles. The monoisotopic (exact) mass is 325 g/mol. The van der Waals surface area contributed by atoms with E-state index < -0.39 is 0 Å². The van der Waals surface area contributed by atoms with E-state index in [1.807, 2.05) is 36.1 Å². The molecule has 0 radical (unpaired) electrons. The number of piperazine rings is 1. The molecule has 0 saturated carbocycles. The number of anilines is 1. The predicted octanol–water partition coefficient (Wildman–Crippen LogP) is 2.33.